The van der Waals surface area contributed by atoms with E-state index in [4.69, 9.17) is 19.3 Å². The molecule has 9 nitrogen and oxygen atoms in total. The molecule has 10 heteroatoms. The maximum absolute atomic E-state index is 11.8. The lowest BCUT2D eigenvalue weighted by Gasteiger charge is -2.12. The number of aryl methyl sites for hydroxylation is 1. The Bertz CT molecular complexity index is 863. The van der Waals surface area contributed by atoms with Gasteiger partial charge in [-0.25, -0.2) is 9.59 Å². The van der Waals surface area contributed by atoms with Crippen LogP contribution in [-0.2, 0) is 35.6 Å². The third-order valence-corrected chi connectivity index (χ3v) is 5.55. The number of aliphatic carboxylic acids is 1. The highest BCUT2D eigenvalue weighted by Gasteiger charge is 2.17. The number of carboxylic acids is 1. The molecule has 0 aromatic heterocycles. The molecule has 186 valence electrons. The van der Waals surface area contributed by atoms with Crippen molar-refractivity contribution in [2.45, 2.75) is 63.2 Å². The number of rotatable bonds is 18. The summed E-state index contributed by atoms with van der Waals surface area (Å²) in [7, 11) is -4.45. The fraction of sp³-hybridized carbons (Fsp3) is 0.565. The number of esters is 1. The first-order valence-corrected chi connectivity index (χ1v) is 12.6. The number of unbranched alkanes of at least 4 members (excludes halogenated alkanes) is 6. The third-order valence-electron chi connectivity index (χ3n) is 4.67. The number of carbonyl (C=O) groups excluding carboxylic acids is 1. The van der Waals surface area contributed by atoms with Crippen LogP contribution < -0.4 is 4.74 Å². The van der Waals surface area contributed by atoms with Gasteiger partial charge in [0, 0.05) is 12.2 Å². The van der Waals surface area contributed by atoms with Gasteiger partial charge in [-0.05, 0) is 30.5 Å². The molecule has 0 bridgehead atoms. The summed E-state index contributed by atoms with van der Waals surface area (Å²) in [5, 5.41) is 8.41. The summed E-state index contributed by atoms with van der Waals surface area (Å²) in [5.74, 6) is -2.02. The largest absolute Gasteiger partial charge is 0.490 e. The molecule has 1 aromatic rings. The van der Waals surface area contributed by atoms with E-state index in [2.05, 4.69) is 6.92 Å². The minimum Gasteiger partial charge on any atom is -0.490 e. The van der Waals surface area contributed by atoms with Gasteiger partial charge in [-0.15, -0.1) is 0 Å². The van der Waals surface area contributed by atoms with Gasteiger partial charge in [0.1, 0.15) is 23.9 Å². The summed E-state index contributed by atoms with van der Waals surface area (Å²) in [4.78, 5) is 21.2. The minimum atomic E-state index is -4.45. The van der Waals surface area contributed by atoms with Gasteiger partial charge >= 0.3 is 11.9 Å². The second-order valence-corrected chi connectivity index (χ2v) is 8.82. The summed E-state index contributed by atoms with van der Waals surface area (Å²) in [6.07, 6.45) is 10.3. The molecule has 0 atom stereocenters. The molecule has 0 fully saturated rings. The molecule has 0 aliphatic carbocycles. The lowest BCUT2D eigenvalue weighted by atomic mass is 10.0. The molecule has 0 saturated carbocycles. The van der Waals surface area contributed by atoms with Gasteiger partial charge in [0.15, 0.2) is 0 Å². The average molecular weight is 487 g/mol. The molecular weight excluding hydrogens is 452 g/mol. The molecule has 0 radical (unpaired) electrons. The van der Waals surface area contributed by atoms with Crippen molar-refractivity contribution in [2.24, 2.45) is 0 Å². The number of benzene rings is 1. The zero-order valence-corrected chi connectivity index (χ0v) is 19.8. The maximum atomic E-state index is 11.8. The lowest BCUT2D eigenvalue weighted by molar-refractivity contribution is -0.140. The highest BCUT2D eigenvalue weighted by molar-refractivity contribution is 7.86. The van der Waals surface area contributed by atoms with Crippen molar-refractivity contribution in [1.29, 1.82) is 0 Å². The van der Waals surface area contributed by atoms with E-state index in [0.29, 0.717) is 6.08 Å². The Balaban J connectivity index is 2.40. The topological polar surface area (TPSA) is 136 Å². The van der Waals surface area contributed by atoms with Gasteiger partial charge in [-0.3, -0.25) is 4.55 Å². The molecule has 1 aromatic carbocycles. The molecule has 33 heavy (non-hydrogen) atoms. The summed E-state index contributed by atoms with van der Waals surface area (Å²) >= 11 is 0. The third kappa shape index (κ3) is 13.7. The van der Waals surface area contributed by atoms with Crippen LogP contribution in [0.1, 0.15) is 57.4 Å². The standard InChI is InChI=1S/C23H34O9S/c1-2-3-4-5-6-7-8-9-19-10-11-20(21(18-19)33(27,28)29)31-16-14-30-15-17-32-23(26)13-12-22(24)25/h10-13,18H,2-9,14-17H2,1H3,(H,24,25)(H,27,28,29)/b13-12+. The Labute approximate surface area is 195 Å². The number of carbonyl (C=O) groups is 2. The number of carboxylic acid groups (broad SMARTS) is 1. The van der Waals surface area contributed by atoms with Crippen LogP contribution in [0.3, 0.4) is 0 Å². The van der Waals surface area contributed by atoms with Gasteiger partial charge in [0.05, 0.1) is 13.2 Å². The second-order valence-electron chi connectivity index (χ2n) is 7.43. The molecule has 1 rings (SSSR count). The molecule has 0 aliphatic rings. The van der Waals surface area contributed by atoms with Crippen LogP contribution in [0.5, 0.6) is 5.75 Å². The van der Waals surface area contributed by atoms with E-state index >= 15 is 0 Å². The van der Waals surface area contributed by atoms with Gasteiger partial charge in [0.2, 0.25) is 0 Å². The van der Waals surface area contributed by atoms with Crippen molar-refractivity contribution in [2.75, 3.05) is 26.4 Å². The van der Waals surface area contributed by atoms with Crippen molar-refractivity contribution in [3.63, 3.8) is 0 Å². The second kappa shape index (κ2) is 16.2. The van der Waals surface area contributed by atoms with Crippen LogP contribution in [0.4, 0.5) is 0 Å². The highest BCUT2D eigenvalue weighted by atomic mass is 32.2. The first-order valence-electron chi connectivity index (χ1n) is 11.1. The van der Waals surface area contributed by atoms with Crippen molar-refractivity contribution in [3.05, 3.63) is 35.9 Å². The first kappa shape index (κ1) is 28.6. The van der Waals surface area contributed by atoms with E-state index in [0.717, 1.165) is 37.3 Å². The molecule has 0 aliphatic heterocycles. The number of hydrogen-bond donors (Lipinski definition) is 2. The molecule has 0 spiro atoms. The smallest absolute Gasteiger partial charge is 0.331 e. The van der Waals surface area contributed by atoms with Crippen molar-refractivity contribution < 1.29 is 41.9 Å². The van der Waals surface area contributed by atoms with Gasteiger partial charge in [0.25, 0.3) is 10.1 Å². The van der Waals surface area contributed by atoms with Crippen LogP contribution in [0.15, 0.2) is 35.2 Å². The Hall–Kier alpha value is -2.43. The Morgan fingerprint density at radius 2 is 1.61 bits per heavy atom. The highest BCUT2D eigenvalue weighted by Crippen LogP contribution is 2.26. The molecule has 0 saturated heterocycles. The van der Waals surface area contributed by atoms with E-state index in [1.807, 2.05) is 0 Å². The maximum Gasteiger partial charge on any atom is 0.331 e. The first-order chi connectivity index (χ1) is 15.7. The number of hydrogen-bond acceptors (Lipinski definition) is 7. The Morgan fingerprint density at radius 3 is 2.27 bits per heavy atom. The quantitative estimate of drug-likeness (QED) is 0.137. The van der Waals surface area contributed by atoms with Crippen molar-refractivity contribution in [3.8, 4) is 5.75 Å². The van der Waals surface area contributed by atoms with Crippen LogP contribution in [0, 0.1) is 0 Å². The number of ether oxygens (including phenoxy) is 3. The lowest BCUT2D eigenvalue weighted by Crippen LogP contribution is -2.13. The predicted molar refractivity (Wildman–Crippen MR) is 122 cm³/mol. The van der Waals surface area contributed by atoms with Crippen molar-refractivity contribution in [1.82, 2.24) is 0 Å². The fourth-order valence-corrected chi connectivity index (χ4v) is 3.70. The van der Waals surface area contributed by atoms with Crippen molar-refractivity contribution >= 4 is 22.1 Å². The molecule has 0 heterocycles. The van der Waals surface area contributed by atoms with Gasteiger partial charge in [-0.2, -0.15) is 8.42 Å². The summed E-state index contributed by atoms with van der Waals surface area (Å²) in [6, 6.07) is 4.75. The van der Waals surface area contributed by atoms with E-state index in [9.17, 15) is 22.6 Å². The average Bonchev–Trinajstić information content (AvgIpc) is 2.76. The van der Waals surface area contributed by atoms with E-state index < -0.39 is 22.1 Å². The van der Waals surface area contributed by atoms with Crippen LogP contribution >= 0.6 is 0 Å². The summed E-state index contributed by atoms with van der Waals surface area (Å²) < 4.78 is 48.5. The molecule has 2 N–H and O–H groups in total. The van der Waals surface area contributed by atoms with Crippen LogP contribution in [0.2, 0.25) is 0 Å². The van der Waals surface area contributed by atoms with Gasteiger partial charge in [-0.1, -0.05) is 51.5 Å². The van der Waals surface area contributed by atoms with E-state index in [-0.39, 0.29) is 37.1 Å². The molecular formula is C23H34O9S. The zero-order valence-electron chi connectivity index (χ0n) is 19.0. The summed E-state index contributed by atoms with van der Waals surface area (Å²) in [6.45, 7) is 2.27. The monoisotopic (exact) mass is 486 g/mol. The molecule has 0 unspecified atom stereocenters. The Kier molecular flexibility index (Phi) is 14.1. The predicted octanol–water partition coefficient (Wildman–Crippen LogP) is 3.81. The van der Waals surface area contributed by atoms with Crippen LogP contribution in [-0.4, -0.2) is 56.4 Å². The molecule has 0 amide bonds. The zero-order chi connectivity index (χ0) is 24.5. The fourth-order valence-electron chi connectivity index (χ4n) is 3.02. The van der Waals surface area contributed by atoms with Crippen LogP contribution in [0.25, 0.3) is 0 Å². The summed E-state index contributed by atoms with van der Waals surface area (Å²) in [5.41, 5.74) is 0.818. The van der Waals surface area contributed by atoms with E-state index in [1.54, 1.807) is 6.07 Å². The minimum absolute atomic E-state index is 0.0203. The van der Waals surface area contributed by atoms with Gasteiger partial charge < -0.3 is 19.3 Å². The SMILES string of the molecule is CCCCCCCCCc1ccc(OCCOCCOC(=O)/C=C/C(=O)O)c(S(=O)(=O)O)c1. The normalized spacial score (nSPS) is 11.6. The van der Waals surface area contributed by atoms with E-state index in [1.165, 1.54) is 37.8 Å². The Morgan fingerprint density at radius 1 is 0.939 bits per heavy atom.